The Morgan fingerprint density at radius 1 is 1.47 bits per heavy atom. The molecule has 1 aliphatic heterocycles. The summed E-state index contributed by atoms with van der Waals surface area (Å²) in [5.74, 6) is 0. The second kappa shape index (κ2) is 5.86. The molecule has 0 aliphatic carbocycles. The van der Waals surface area contributed by atoms with Crippen molar-refractivity contribution in [3.05, 3.63) is 4.60 Å². The highest BCUT2D eigenvalue weighted by Crippen LogP contribution is 2.29. The minimum Gasteiger partial charge on any atom is -0.330 e. The maximum atomic E-state index is 12.7. The third-order valence-electron chi connectivity index (χ3n) is 3.36. The number of hydrogen-bond donors (Lipinski definition) is 1. The van der Waals surface area contributed by atoms with Crippen LogP contribution in [0, 0.1) is 0 Å². The zero-order valence-corrected chi connectivity index (χ0v) is 13.2. The highest BCUT2D eigenvalue weighted by Gasteiger charge is 2.36. The van der Waals surface area contributed by atoms with Gasteiger partial charge >= 0.3 is 0 Å². The molecule has 0 bridgehead atoms. The van der Waals surface area contributed by atoms with Gasteiger partial charge in [-0.1, -0.05) is 11.6 Å². The molecule has 1 aliphatic rings. The molecule has 2 heterocycles. The van der Waals surface area contributed by atoms with Gasteiger partial charge in [-0.3, -0.25) is 0 Å². The van der Waals surface area contributed by atoms with Crippen LogP contribution < -0.4 is 5.73 Å². The molecule has 1 atom stereocenters. The summed E-state index contributed by atoms with van der Waals surface area (Å²) in [5, 5.41) is 7.59. The molecule has 9 heteroatoms. The van der Waals surface area contributed by atoms with Crippen LogP contribution in [0.3, 0.4) is 0 Å². The lowest BCUT2D eigenvalue weighted by molar-refractivity contribution is 0.241. The Morgan fingerprint density at radius 3 is 2.79 bits per heavy atom. The molecule has 2 N–H and O–H groups in total. The molecule has 1 aromatic rings. The number of rotatable bonds is 4. The summed E-state index contributed by atoms with van der Waals surface area (Å²) in [7, 11) is -2.01. The van der Waals surface area contributed by atoms with Gasteiger partial charge in [-0.25, -0.2) is 13.1 Å². The Labute approximate surface area is 121 Å². The zero-order valence-electron chi connectivity index (χ0n) is 10.8. The summed E-state index contributed by atoms with van der Waals surface area (Å²) in [5.41, 5.74) is 5.58. The van der Waals surface area contributed by atoms with E-state index in [1.54, 1.807) is 11.4 Å². The van der Waals surface area contributed by atoms with Crippen molar-refractivity contribution in [2.45, 2.75) is 36.8 Å². The van der Waals surface area contributed by atoms with Crippen molar-refractivity contribution in [1.29, 1.82) is 0 Å². The van der Waals surface area contributed by atoms with E-state index in [0.29, 0.717) is 19.5 Å². The molecular weight excluding hydrogens is 334 g/mol. The van der Waals surface area contributed by atoms with E-state index in [1.807, 2.05) is 0 Å². The van der Waals surface area contributed by atoms with Gasteiger partial charge in [0.1, 0.15) is 0 Å². The molecule has 0 spiro atoms. The van der Waals surface area contributed by atoms with Gasteiger partial charge in [0.05, 0.1) is 0 Å². The highest BCUT2D eigenvalue weighted by molar-refractivity contribution is 9.10. The number of sulfonamides is 1. The van der Waals surface area contributed by atoms with E-state index in [9.17, 15) is 8.42 Å². The Hall–Kier alpha value is -0.510. The van der Waals surface area contributed by atoms with Crippen LogP contribution in [0.4, 0.5) is 0 Å². The molecule has 0 amide bonds. The van der Waals surface area contributed by atoms with Crippen molar-refractivity contribution in [3.8, 4) is 0 Å². The first-order chi connectivity index (χ1) is 8.98. The standard InChI is InChI=1S/C10H18BrN5O2S/c1-15-10(9(11)13-14-15)19(17,18)16-7-3-2-4-8(16)5-6-12/h8H,2-7,12H2,1H3. The minimum atomic E-state index is -3.58. The number of piperidine rings is 1. The molecule has 1 fully saturated rings. The van der Waals surface area contributed by atoms with Crippen LogP contribution in [0.15, 0.2) is 9.63 Å². The van der Waals surface area contributed by atoms with Crippen molar-refractivity contribution in [1.82, 2.24) is 19.3 Å². The van der Waals surface area contributed by atoms with Crippen molar-refractivity contribution in [2.24, 2.45) is 12.8 Å². The molecule has 1 aromatic heterocycles. The van der Waals surface area contributed by atoms with Crippen LogP contribution in [0.2, 0.25) is 0 Å². The fraction of sp³-hybridized carbons (Fsp3) is 0.800. The molecule has 0 radical (unpaired) electrons. The SMILES string of the molecule is Cn1nnc(Br)c1S(=O)(=O)N1CCCCC1CCN. The molecule has 19 heavy (non-hydrogen) atoms. The second-order valence-electron chi connectivity index (χ2n) is 4.65. The lowest BCUT2D eigenvalue weighted by Crippen LogP contribution is -2.45. The Morgan fingerprint density at radius 2 is 2.21 bits per heavy atom. The van der Waals surface area contributed by atoms with Crippen molar-refractivity contribution < 1.29 is 8.42 Å². The average Bonchev–Trinajstić information content (AvgIpc) is 2.70. The maximum Gasteiger partial charge on any atom is 0.263 e. The fourth-order valence-corrected chi connectivity index (χ4v) is 5.24. The van der Waals surface area contributed by atoms with Crippen molar-refractivity contribution in [3.63, 3.8) is 0 Å². The zero-order chi connectivity index (χ0) is 14.0. The summed E-state index contributed by atoms with van der Waals surface area (Å²) in [4.78, 5) is 0. The Bertz CT molecular complexity index is 523. The Kier molecular flexibility index (Phi) is 4.59. The Balaban J connectivity index is 2.37. The monoisotopic (exact) mass is 351 g/mol. The van der Waals surface area contributed by atoms with E-state index in [2.05, 4.69) is 26.2 Å². The third kappa shape index (κ3) is 2.83. The molecule has 2 rings (SSSR count). The number of hydrogen-bond acceptors (Lipinski definition) is 5. The number of nitrogens with zero attached hydrogens (tertiary/aromatic N) is 4. The second-order valence-corrected chi connectivity index (χ2v) is 7.21. The molecule has 1 unspecified atom stereocenters. The molecule has 0 aromatic carbocycles. The van der Waals surface area contributed by atoms with E-state index in [1.165, 1.54) is 4.68 Å². The van der Waals surface area contributed by atoms with E-state index >= 15 is 0 Å². The number of aromatic nitrogens is 3. The minimum absolute atomic E-state index is 0.0226. The van der Waals surface area contributed by atoms with Crippen molar-refractivity contribution in [2.75, 3.05) is 13.1 Å². The van der Waals surface area contributed by atoms with Gasteiger partial charge in [-0.2, -0.15) is 4.31 Å². The van der Waals surface area contributed by atoms with E-state index in [4.69, 9.17) is 5.73 Å². The lowest BCUT2D eigenvalue weighted by atomic mass is 10.0. The smallest absolute Gasteiger partial charge is 0.263 e. The first-order valence-electron chi connectivity index (χ1n) is 6.25. The van der Waals surface area contributed by atoms with E-state index in [-0.39, 0.29) is 15.7 Å². The highest BCUT2D eigenvalue weighted by atomic mass is 79.9. The molecular formula is C10H18BrN5O2S. The number of halogens is 1. The third-order valence-corrected chi connectivity index (χ3v) is 6.20. The normalized spacial score (nSPS) is 21.7. The summed E-state index contributed by atoms with van der Waals surface area (Å²) < 4.78 is 28.5. The summed E-state index contributed by atoms with van der Waals surface area (Å²) in [6.45, 7) is 1.02. The van der Waals surface area contributed by atoms with Gasteiger partial charge in [0.25, 0.3) is 10.0 Å². The number of aryl methyl sites for hydroxylation is 1. The average molecular weight is 352 g/mol. The van der Waals surface area contributed by atoms with E-state index in [0.717, 1.165) is 19.3 Å². The lowest BCUT2D eigenvalue weighted by Gasteiger charge is -2.34. The van der Waals surface area contributed by atoms with Crippen LogP contribution in [0.25, 0.3) is 0 Å². The predicted molar refractivity (Wildman–Crippen MR) is 73.9 cm³/mol. The van der Waals surface area contributed by atoms with Crippen LogP contribution in [0.1, 0.15) is 25.7 Å². The van der Waals surface area contributed by atoms with Gasteiger partial charge in [-0.15, -0.1) is 5.10 Å². The van der Waals surface area contributed by atoms with Gasteiger partial charge < -0.3 is 5.73 Å². The van der Waals surface area contributed by atoms with Gasteiger partial charge in [0.15, 0.2) is 4.60 Å². The van der Waals surface area contributed by atoms with Gasteiger partial charge in [0.2, 0.25) is 5.03 Å². The van der Waals surface area contributed by atoms with Crippen LogP contribution in [0.5, 0.6) is 0 Å². The van der Waals surface area contributed by atoms with Crippen LogP contribution in [-0.4, -0.2) is 46.8 Å². The topological polar surface area (TPSA) is 94.1 Å². The number of nitrogens with two attached hydrogens (primary N) is 1. The molecule has 1 saturated heterocycles. The maximum absolute atomic E-state index is 12.7. The van der Waals surface area contributed by atoms with Gasteiger partial charge in [0, 0.05) is 19.6 Å². The van der Waals surface area contributed by atoms with Crippen LogP contribution >= 0.6 is 15.9 Å². The van der Waals surface area contributed by atoms with Gasteiger partial charge in [-0.05, 0) is 41.7 Å². The fourth-order valence-electron chi connectivity index (χ4n) is 2.48. The summed E-state index contributed by atoms with van der Waals surface area (Å²) in [6, 6.07) is -0.0226. The molecule has 7 nitrogen and oxygen atoms in total. The first kappa shape index (κ1) is 14.9. The largest absolute Gasteiger partial charge is 0.330 e. The predicted octanol–water partition coefficient (Wildman–Crippen LogP) is 0.470. The first-order valence-corrected chi connectivity index (χ1v) is 8.49. The van der Waals surface area contributed by atoms with Crippen LogP contribution in [-0.2, 0) is 17.1 Å². The molecule has 108 valence electrons. The summed E-state index contributed by atoms with van der Waals surface area (Å²) in [6.07, 6.45) is 3.46. The van der Waals surface area contributed by atoms with E-state index < -0.39 is 10.0 Å². The summed E-state index contributed by atoms with van der Waals surface area (Å²) >= 11 is 3.15. The quantitative estimate of drug-likeness (QED) is 0.850. The van der Waals surface area contributed by atoms with Crippen molar-refractivity contribution >= 4 is 26.0 Å². The molecule has 0 saturated carbocycles.